The van der Waals surface area contributed by atoms with Crippen LogP contribution in [0.15, 0.2) is 12.2 Å². The van der Waals surface area contributed by atoms with E-state index in [2.05, 4.69) is 6.58 Å². The minimum absolute atomic E-state index is 0.0486. The lowest BCUT2D eigenvalue weighted by Gasteiger charge is -2.03. The molecule has 46 valence electrons. The normalized spacial score (nSPS) is 29.5. The van der Waals surface area contributed by atoms with Crippen molar-refractivity contribution in [3.63, 3.8) is 0 Å². The molecule has 0 aromatic heterocycles. The molecule has 0 aromatic rings. The van der Waals surface area contributed by atoms with Gasteiger partial charge in [0.15, 0.2) is 0 Å². The lowest BCUT2D eigenvalue weighted by molar-refractivity contribution is 0.167. The molecule has 1 aliphatic heterocycles. The van der Waals surface area contributed by atoms with Crippen molar-refractivity contribution < 1.29 is 9.84 Å². The summed E-state index contributed by atoms with van der Waals surface area (Å²) < 4.78 is 4.82. The van der Waals surface area contributed by atoms with Crippen molar-refractivity contribution in [3.05, 3.63) is 12.2 Å². The van der Waals surface area contributed by atoms with Crippen molar-refractivity contribution >= 4 is 0 Å². The number of rotatable bonds is 2. The Balaban J connectivity index is 2.32. The zero-order valence-electron chi connectivity index (χ0n) is 4.92. The zero-order valence-corrected chi connectivity index (χ0v) is 4.92. The molecule has 1 saturated heterocycles. The molecule has 2 heteroatoms. The van der Waals surface area contributed by atoms with Crippen molar-refractivity contribution in [2.24, 2.45) is 0 Å². The van der Waals surface area contributed by atoms with Crippen LogP contribution in [0.1, 0.15) is 6.92 Å². The molecule has 1 N–H and O–H groups in total. The van der Waals surface area contributed by atoms with Crippen LogP contribution in [-0.2, 0) is 4.74 Å². The Morgan fingerprint density at radius 3 is 2.62 bits per heavy atom. The summed E-state index contributed by atoms with van der Waals surface area (Å²) in [5.74, 6) is 0. The van der Waals surface area contributed by atoms with Crippen molar-refractivity contribution in [1.82, 2.24) is 0 Å². The first-order valence-corrected chi connectivity index (χ1v) is 2.67. The SMILES string of the molecule is C=C(C)C(O)C1CO1. The van der Waals surface area contributed by atoms with Crippen LogP contribution in [0.3, 0.4) is 0 Å². The number of hydrogen-bond donors (Lipinski definition) is 1. The minimum atomic E-state index is -0.435. The highest BCUT2D eigenvalue weighted by Gasteiger charge is 2.31. The highest BCUT2D eigenvalue weighted by atomic mass is 16.6. The maximum atomic E-state index is 9.04. The average Bonchev–Trinajstić information content (AvgIpc) is 2.43. The quantitative estimate of drug-likeness (QED) is 0.414. The molecule has 1 heterocycles. The molecule has 1 fully saturated rings. The van der Waals surface area contributed by atoms with Crippen molar-refractivity contribution in [3.8, 4) is 0 Å². The molecule has 2 nitrogen and oxygen atoms in total. The highest BCUT2D eigenvalue weighted by molar-refractivity contribution is 5.03. The summed E-state index contributed by atoms with van der Waals surface area (Å²) in [4.78, 5) is 0. The summed E-state index contributed by atoms with van der Waals surface area (Å²) in [6, 6.07) is 0. The van der Waals surface area contributed by atoms with Crippen LogP contribution in [0.25, 0.3) is 0 Å². The summed E-state index contributed by atoms with van der Waals surface area (Å²) in [5.41, 5.74) is 0.785. The number of ether oxygens (including phenoxy) is 1. The van der Waals surface area contributed by atoms with Crippen LogP contribution in [-0.4, -0.2) is 23.9 Å². The van der Waals surface area contributed by atoms with Gasteiger partial charge in [-0.3, -0.25) is 0 Å². The van der Waals surface area contributed by atoms with E-state index in [1.807, 2.05) is 0 Å². The van der Waals surface area contributed by atoms with Crippen molar-refractivity contribution in [2.45, 2.75) is 19.1 Å². The molecule has 2 unspecified atom stereocenters. The van der Waals surface area contributed by atoms with E-state index in [1.54, 1.807) is 6.92 Å². The van der Waals surface area contributed by atoms with Gasteiger partial charge in [0, 0.05) is 0 Å². The Bertz CT molecular complexity index is 105. The van der Waals surface area contributed by atoms with Crippen LogP contribution >= 0.6 is 0 Å². The Morgan fingerprint density at radius 2 is 2.50 bits per heavy atom. The largest absolute Gasteiger partial charge is 0.386 e. The second kappa shape index (κ2) is 1.88. The van der Waals surface area contributed by atoms with Gasteiger partial charge in [-0.1, -0.05) is 6.58 Å². The summed E-state index contributed by atoms with van der Waals surface area (Å²) in [6.07, 6.45) is -0.387. The fourth-order valence-electron chi connectivity index (χ4n) is 0.555. The van der Waals surface area contributed by atoms with Gasteiger partial charge in [0.2, 0.25) is 0 Å². The van der Waals surface area contributed by atoms with Crippen molar-refractivity contribution in [2.75, 3.05) is 6.61 Å². The van der Waals surface area contributed by atoms with Gasteiger partial charge in [-0.05, 0) is 12.5 Å². The molecule has 1 rings (SSSR count). The van der Waals surface area contributed by atoms with E-state index in [4.69, 9.17) is 9.84 Å². The molecule has 0 bridgehead atoms. The molecule has 8 heavy (non-hydrogen) atoms. The monoisotopic (exact) mass is 114 g/mol. The predicted octanol–water partition coefficient (Wildman–Crippen LogP) is 0.322. The fourth-order valence-corrected chi connectivity index (χ4v) is 0.555. The molecule has 0 radical (unpaired) electrons. The van der Waals surface area contributed by atoms with Gasteiger partial charge in [0.1, 0.15) is 12.2 Å². The first-order valence-electron chi connectivity index (χ1n) is 2.67. The Kier molecular flexibility index (Phi) is 1.36. The van der Waals surface area contributed by atoms with Gasteiger partial charge in [-0.2, -0.15) is 0 Å². The van der Waals surface area contributed by atoms with Crippen LogP contribution in [0, 0.1) is 0 Å². The van der Waals surface area contributed by atoms with E-state index in [0.717, 1.165) is 5.57 Å². The van der Waals surface area contributed by atoms with Crippen molar-refractivity contribution in [1.29, 1.82) is 0 Å². The topological polar surface area (TPSA) is 32.8 Å². The van der Waals surface area contributed by atoms with Crippen LogP contribution in [0.4, 0.5) is 0 Å². The summed E-state index contributed by atoms with van der Waals surface area (Å²) in [6.45, 7) is 6.07. The maximum Gasteiger partial charge on any atom is 0.111 e. The first-order chi connectivity index (χ1) is 3.72. The third-order valence-electron chi connectivity index (χ3n) is 1.22. The average molecular weight is 114 g/mol. The summed E-state index contributed by atoms with van der Waals surface area (Å²) >= 11 is 0. The van der Waals surface area contributed by atoms with E-state index < -0.39 is 6.10 Å². The van der Waals surface area contributed by atoms with Crippen LogP contribution in [0.2, 0.25) is 0 Å². The number of epoxide rings is 1. The van der Waals surface area contributed by atoms with E-state index >= 15 is 0 Å². The first kappa shape index (κ1) is 5.79. The zero-order chi connectivity index (χ0) is 6.15. The van der Waals surface area contributed by atoms with Crippen LogP contribution < -0.4 is 0 Å². The lowest BCUT2D eigenvalue weighted by Crippen LogP contribution is -2.14. The third kappa shape index (κ3) is 1.08. The second-order valence-corrected chi connectivity index (χ2v) is 2.16. The van der Waals surface area contributed by atoms with E-state index in [9.17, 15) is 0 Å². The molecule has 0 amide bonds. The lowest BCUT2D eigenvalue weighted by atomic mass is 10.1. The number of aliphatic hydroxyl groups is 1. The molecule has 0 saturated carbocycles. The number of hydrogen-bond acceptors (Lipinski definition) is 2. The Hall–Kier alpha value is -0.340. The third-order valence-corrected chi connectivity index (χ3v) is 1.22. The number of aliphatic hydroxyl groups excluding tert-OH is 1. The summed E-state index contributed by atoms with van der Waals surface area (Å²) in [7, 11) is 0. The van der Waals surface area contributed by atoms with Gasteiger partial charge in [0.05, 0.1) is 6.61 Å². The molecule has 0 aromatic carbocycles. The highest BCUT2D eigenvalue weighted by Crippen LogP contribution is 2.17. The maximum absolute atomic E-state index is 9.04. The molecule has 2 atom stereocenters. The second-order valence-electron chi connectivity index (χ2n) is 2.16. The molecular formula is C6H10O2. The predicted molar refractivity (Wildman–Crippen MR) is 30.6 cm³/mol. The minimum Gasteiger partial charge on any atom is -0.386 e. The Labute approximate surface area is 48.8 Å². The molecule has 1 aliphatic rings. The van der Waals surface area contributed by atoms with Gasteiger partial charge < -0.3 is 9.84 Å². The van der Waals surface area contributed by atoms with Gasteiger partial charge >= 0.3 is 0 Å². The molecule has 0 spiro atoms. The summed E-state index contributed by atoms with van der Waals surface area (Å²) in [5, 5.41) is 9.04. The van der Waals surface area contributed by atoms with Gasteiger partial charge in [-0.25, -0.2) is 0 Å². The van der Waals surface area contributed by atoms with Gasteiger partial charge in [-0.15, -0.1) is 0 Å². The van der Waals surface area contributed by atoms with Gasteiger partial charge in [0.25, 0.3) is 0 Å². The smallest absolute Gasteiger partial charge is 0.111 e. The Morgan fingerprint density at radius 1 is 2.00 bits per heavy atom. The van der Waals surface area contributed by atoms with Crippen LogP contribution in [0.5, 0.6) is 0 Å². The standard InChI is InChI=1S/C6H10O2/c1-4(2)6(7)5-3-8-5/h5-7H,1,3H2,2H3. The fraction of sp³-hybridized carbons (Fsp3) is 0.667. The van der Waals surface area contributed by atoms with E-state index in [0.29, 0.717) is 6.61 Å². The molecule has 0 aliphatic carbocycles. The van der Waals surface area contributed by atoms with E-state index in [-0.39, 0.29) is 6.10 Å². The van der Waals surface area contributed by atoms with E-state index in [1.165, 1.54) is 0 Å². The molecular weight excluding hydrogens is 104 g/mol.